The second-order valence-corrected chi connectivity index (χ2v) is 6.01. The van der Waals surface area contributed by atoms with E-state index in [2.05, 4.69) is 25.1 Å². The highest BCUT2D eigenvalue weighted by Gasteiger charge is 2.27. The van der Waals surface area contributed by atoms with Crippen LogP contribution in [0.4, 0.5) is 11.6 Å². The van der Waals surface area contributed by atoms with E-state index in [-0.39, 0.29) is 6.10 Å². The van der Waals surface area contributed by atoms with Crippen LogP contribution in [0.3, 0.4) is 0 Å². The van der Waals surface area contributed by atoms with Gasteiger partial charge >= 0.3 is 0 Å². The van der Waals surface area contributed by atoms with Gasteiger partial charge in [0.2, 0.25) is 5.65 Å². The molecule has 8 heteroatoms. The molecule has 0 bridgehead atoms. The van der Waals surface area contributed by atoms with Crippen molar-refractivity contribution < 1.29 is 4.74 Å². The van der Waals surface area contributed by atoms with Crippen LogP contribution < -0.4 is 14.5 Å². The number of rotatable bonds is 4. The topological polar surface area (TPSA) is 71.7 Å². The van der Waals surface area contributed by atoms with Gasteiger partial charge in [-0.2, -0.15) is 0 Å². The molecule has 3 aromatic rings. The summed E-state index contributed by atoms with van der Waals surface area (Å²) in [4.78, 5) is 13.0. The van der Waals surface area contributed by atoms with Crippen LogP contribution in [0.2, 0.25) is 0 Å². The van der Waals surface area contributed by atoms with Gasteiger partial charge in [-0.25, -0.2) is 9.97 Å². The minimum absolute atomic E-state index is 0.0953. The molecule has 1 unspecified atom stereocenters. The monoisotopic (exact) mass is 325 g/mol. The third kappa shape index (κ3) is 2.60. The highest BCUT2D eigenvalue weighted by atomic mass is 16.5. The number of nitrogens with zero attached hydrogens (tertiary/aromatic N) is 7. The first kappa shape index (κ1) is 14.7. The number of fused-ring (bicyclic) bond motifs is 1. The molecule has 4 heterocycles. The van der Waals surface area contributed by atoms with Gasteiger partial charge in [0.15, 0.2) is 17.4 Å². The summed E-state index contributed by atoms with van der Waals surface area (Å²) in [5, 5.41) is 8.11. The van der Waals surface area contributed by atoms with Gasteiger partial charge < -0.3 is 14.5 Å². The van der Waals surface area contributed by atoms with Gasteiger partial charge in [-0.1, -0.05) is 0 Å². The molecular formula is C16H19N7O. The Morgan fingerprint density at radius 3 is 3.04 bits per heavy atom. The average molecular weight is 325 g/mol. The van der Waals surface area contributed by atoms with Crippen LogP contribution >= 0.6 is 0 Å². The van der Waals surface area contributed by atoms with Gasteiger partial charge in [0.25, 0.3) is 0 Å². The number of hydrogen-bond donors (Lipinski definition) is 0. The molecule has 3 aromatic heterocycles. The molecule has 0 N–H and O–H groups in total. The predicted octanol–water partition coefficient (Wildman–Crippen LogP) is 1.24. The molecule has 8 nitrogen and oxygen atoms in total. The summed E-state index contributed by atoms with van der Waals surface area (Å²) in [5.74, 6) is 2.50. The Kier molecular flexibility index (Phi) is 3.64. The molecule has 0 amide bonds. The smallest absolute Gasteiger partial charge is 0.203 e. The van der Waals surface area contributed by atoms with Gasteiger partial charge in [0.05, 0.1) is 6.54 Å². The molecule has 1 fully saturated rings. The maximum absolute atomic E-state index is 6.20. The second kappa shape index (κ2) is 5.95. The van der Waals surface area contributed by atoms with Crippen molar-refractivity contribution in [3.8, 4) is 5.75 Å². The number of hydrogen-bond acceptors (Lipinski definition) is 7. The third-order valence-electron chi connectivity index (χ3n) is 4.11. The van der Waals surface area contributed by atoms with Crippen molar-refractivity contribution in [2.75, 3.05) is 37.0 Å². The lowest BCUT2D eigenvalue weighted by molar-refractivity contribution is 0.225. The van der Waals surface area contributed by atoms with Crippen LogP contribution in [0, 0.1) is 0 Å². The molecule has 1 atom stereocenters. The van der Waals surface area contributed by atoms with Crippen molar-refractivity contribution in [3.63, 3.8) is 0 Å². The fraction of sp³-hybridized carbons (Fsp3) is 0.375. The van der Waals surface area contributed by atoms with Crippen LogP contribution in [0.25, 0.3) is 5.65 Å². The Morgan fingerprint density at radius 2 is 2.17 bits per heavy atom. The van der Waals surface area contributed by atoms with E-state index in [0.717, 1.165) is 42.5 Å². The Labute approximate surface area is 139 Å². The maximum Gasteiger partial charge on any atom is 0.203 e. The SMILES string of the molecule is CN(C)c1ncccc1OC1CCN(c2nccn3cnnc23)C1. The van der Waals surface area contributed by atoms with E-state index in [0.29, 0.717) is 0 Å². The summed E-state index contributed by atoms with van der Waals surface area (Å²) in [7, 11) is 3.93. The average Bonchev–Trinajstić information content (AvgIpc) is 3.23. The highest BCUT2D eigenvalue weighted by Crippen LogP contribution is 2.28. The second-order valence-electron chi connectivity index (χ2n) is 6.01. The molecule has 24 heavy (non-hydrogen) atoms. The molecule has 0 aliphatic carbocycles. The van der Waals surface area contributed by atoms with Gasteiger partial charge in [0.1, 0.15) is 12.4 Å². The minimum Gasteiger partial charge on any atom is -0.485 e. The molecule has 1 aliphatic heterocycles. The fourth-order valence-corrected chi connectivity index (χ4v) is 2.97. The van der Waals surface area contributed by atoms with Crippen LogP contribution in [0.1, 0.15) is 6.42 Å². The van der Waals surface area contributed by atoms with Gasteiger partial charge in [0, 0.05) is 45.7 Å². The van der Waals surface area contributed by atoms with Gasteiger partial charge in [-0.05, 0) is 12.1 Å². The third-order valence-corrected chi connectivity index (χ3v) is 4.11. The first-order chi connectivity index (χ1) is 11.7. The summed E-state index contributed by atoms with van der Waals surface area (Å²) >= 11 is 0. The van der Waals surface area contributed by atoms with E-state index < -0.39 is 0 Å². The number of aromatic nitrogens is 5. The summed E-state index contributed by atoms with van der Waals surface area (Å²) < 4.78 is 8.07. The van der Waals surface area contributed by atoms with E-state index in [1.54, 1.807) is 18.7 Å². The largest absolute Gasteiger partial charge is 0.485 e. The molecular weight excluding hydrogens is 306 g/mol. The Hall–Kier alpha value is -2.90. The quantitative estimate of drug-likeness (QED) is 0.714. The molecule has 1 saturated heterocycles. The number of ether oxygens (including phenoxy) is 1. The summed E-state index contributed by atoms with van der Waals surface area (Å²) in [6, 6.07) is 3.86. The first-order valence-electron chi connectivity index (χ1n) is 7.90. The molecule has 0 saturated carbocycles. The molecule has 4 rings (SSSR count). The standard InChI is InChI=1S/C16H19N7O/c1-21(2)14-13(4-3-6-17-14)24-12-5-8-22(10-12)15-16-20-19-11-23(16)9-7-18-15/h3-4,6-7,9,11-12H,5,8,10H2,1-2H3. The zero-order valence-electron chi connectivity index (χ0n) is 13.7. The lowest BCUT2D eigenvalue weighted by Gasteiger charge is -2.20. The van der Waals surface area contributed by atoms with Crippen LogP contribution in [0.5, 0.6) is 5.75 Å². The Bertz CT molecular complexity index is 847. The van der Waals surface area contributed by atoms with Crippen molar-refractivity contribution in [2.45, 2.75) is 12.5 Å². The van der Waals surface area contributed by atoms with Crippen LogP contribution in [-0.4, -0.2) is 57.9 Å². The van der Waals surface area contributed by atoms with Crippen molar-refractivity contribution in [1.82, 2.24) is 24.6 Å². The first-order valence-corrected chi connectivity index (χ1v) is 7.90. The van der Waals surface area contributed by atoms with Crippen LogP contribution in [0.15, 0.2) is 37.1 Å². The number of anilines is 2. The van der Waals surface area contributed by atoms with Crippen molar-refractivity contribution >= 4 is 17.3 Å². The zero-order chi connectivity index (χ0) is 16.5. The van der Waals surface area contributed by atoms with E-state index in [4.69, 9.17) is 4.74 Å². The minimum atomic E-state index is 0.0953. The Balaban J connectivity index is 1.52. The lowest BCUT2D eigenvalue weighted by atomic mass is 10.3. The normalized spacial score (nSPS) is 17.4. The summed E-state index contributed by atoms with van der Waals surface area (Å²) in [6.07, 6.45) is 8.10. The van der Waals surface area contributed by atoms with Crippen molar-refractivity contribution in [2.24, 2.45) is 0 Å². The van der Waals surface area contributed by atoms with E-state index in [1.165, 1.54) is 0 Å². The molecule has 0 aromatic carbocycles. The molecule has 124 valence electrons. The zero-order valence-corrected chi connectivity index (χ0v) is 13.7. The summed E-state index contributed by atoms with van der Waals surface area (Å²) in [5.41, 5.74) is 0.772. The fourth-order valence-electron chi connectivity index (χ4n) is 2.97. The molecule has 0 radical (unpaired) electrons. The van der Waals surface area contributed by atoms with Gasteiger partial charge in [-0.3, -0.25) is 4.40 Å². The van der Waals surface area contributed by atoms with E-state index in [1.807, 2.05) is 41.7 Å². The molecule has 0 spiro atoms. The highest BCUT2D eigenvalue weighted by molar-refractivity contribution is 5.63. The van der Waals surface area contributed by atoms with Crippen molar-refractivity contribution in [3.05, 3.63) is 37.1 Å². The van der Waals surface area contributed by atoms with Crippen molar-refractivity contribution in [1.29, 1.82) is 0 Å². The van der Waals surface area contributed by atoms with Crippen LogP contribution in [-0.2, 0) is 0 Å². The van der Waals surface area contributed by atoms with E-state index >= 15 is 0 Å². The molecule has 1 aliphatic rings. The maximum atomic E-state index is 6.20. The predicted molar refractivity (Wildman–Crippen MR) is 90.6 cm³/mol. The lowest BCUT2D eigenvalue weighted by Crippen LogP contribution is -2.26. The number of pyridine rings is 1. The van der Waals surface area contributed by atoms with Gasteiger partial charge in [-0.15, -0.1) is 10.2 Å². The Morgan fingerprint density at radius 1 is 1.25 bits per heavy atom. The van der Waals surface area contributed by atoms with E-state index in [9.17, 15) is 0 Å². The summed E-state index contributed by atoms with van der Waals surface area (Å²) in [6.45, 7) is 1.64.